The van der Waals surface area contributed by atoms with Gasteiger partial charge in [-0.3, -0.25) is 19.7 Å². The lowest BCUT2D eigenvalue weighted by Gasteiger charge is -2.36. The van der Waals surface area contributed by atoms with Crippen molar-refractivity contribution in [3.05, 3.63) is 75.5 Å². The molecule has 31 heavy (non-hydrogen) atoms. The van der Waals surface area contributed by atoms with Crippen LogP contribution in [-0.2, 0) is 9.59 Å². The first-order chi connectivity index (χ1) is 14.9. The number of hydrogen-bond acceptors (Lipinski definition) is 6. The van der Waals surface area contributed by atoms with E-state index in [1.807, 2.05) is 24.0 Å². The van der Waals surface area contributed by atoms with Crippen LogP contribution >= 0.6 is 0 Å². The van der Waals surface area contributed by atoms with Gasteiger partial charge >= 0.3 is 0 Å². The number of nitrogens with zero attached hydrogens (tertiary/aromatic N) is 4. The van der Waals surface area contributed by atoms with Gasteiger partial charge in [-0.1, -0.05) is 19.1 Å². The van der Waals surface area contributed by atoms with E-state index in [0.717, 1.165) is 25.2 Å². The standard InChI is InChI=1S/C23H24N4O4/c1-3-24-11-13-25(14-12-24)21-20(17-7-9-18(10-8-17)27(30)31)22(28)26(23(21)29)19-6-4-5-16(2)15-19/h4-10,15H,3,11-14H2,1-2H3. The smallest absolute Gasteiger partial charge is 0.282 e. The lowest BCUT2D eigenvalue weighted by Crippen LogP contribution is -2.47. The Morgan fingerprint density at radius 1 is 0.968 bits per heavy atom. The largest absolute Gasteiger partial charge is 0.364 e. The summed E-state index contributed by atoms with van der Waals surface area (Å²) in [7, 11) is 0. The Labute approximate surface area is 180 Å². The highest BCUT2D eigenvalue weighted by Gasteiger charge is 2.43. The molecule has 8 nitrogen and oxygen atoms in total. The average Bonchev–Trinajstić information content (AvgIpc) is 3.03. The van der Waals surface area contributed by atoms with Crippen LogP contribution in [0.5, 0.6) is 0 Å². The van der Waals surface area contributed by atoms with Crippen molar-refractivity contribution in [1.29, 1.82) is 0 Å². The number of aryl methyl sites for hydroxylation is 1. The number of anilines is 1. The second-order valence-corrected chi connectivity index (χ2v) is 7.73. The zero-order valence-corrected chi connectivity index (χ0v) is 17.6. The van der Waals surface area contributed by atoms with Gasteiger partial charge in [-0.15, -0.1) is 0 Å². The monoisotopic (exact) mass is 420 g/mol. The summed E-state index contributed by atoms with van der Waals surface area (Å²) < 4.78 is 0. The molecule has 2 aliphatic heterocycles. The molecule has 0 spiro atoms. The number of hydrogen-bond donors (Lipinski definition) is 0. The zero-order valence-electron chi connectivity index (χ0n) is 17.6. The van der Waals surface area contributed by atoms with Crippen LogP contribution < -0.4 is 4.90 Å². The number of imide groups is 1. The van der Waals surface area contributed by atoms with Gasteiger partial charge in [0.2, 0.25) is 0 Å². The highest BCUT2D eigenvalue weighted by Crippen LogP contribution is 2.35. The van der Waals surface area contributed by atoms with E-state index in [1.54, 1.807) is 24.3 Å². The number of nitro benzene ring substituents is 1. The summed E-state index contributed by atoms with van der Waals surface area (Å²) in [6.07, 6.45) is 0. The van der Waals surface area contributed by atoms with Gasteiger partial charge in [0.1, 0.15) is 5.70 Å². The third-order valence-electron chi connectivity index (χ3n) is 5.82. The van der Waals surface area contributed by atoms with Crippen molar-refractivity contribution < 1.29 is 14.5 Å². The van der Waals surface area contributed by atoms with Gasteiger partial charge in [-0.05, 0) is 48.9 Å². The van der Waals surface area contributed by atoms with Gasteiger partial charge in [0.15, 0.2) is 0 Å². The summed E-state index contributed by atoms with van der Waals surface area (Å²) in [6.45, 7) is 7.83. The van der Waals surface area contributed by atoms with E-state index in [-0.39, 0.29) is 11.6 Å². The van der Waals surface area contributed by atoms with Crippen LogP contribution in [0.2, 0.25) is 0 Å². The Morgan fingerprint density at radius 2 is 1.65 bits per heavy atom. The summed E-state index contributed by atoms with van der Waals surface area (Å²) in [5, 5.41) is 11.0. The van der Waals surface area contributed by atoms with Crippen LogP contribution in [0.25, 0.3) is 5.57 Å². The second kappa shape index (κ2) is 8.31. The van der Waals surface area contributed by atoms with Crippen LogP contribution in [-0.4, -0.2) is 59.3 Å². The minimum absolute atomic E-state index is 0.0604. The Balaban J connectivity index is 1.78. The molecular weight excluding hydrogens is 396 g/mol. The molecule has 0 atom stereocenters. The Bertz CT molecular complexity index is 1070. The Kier molecular flexibility index (Phi) is 5.56. The third kappa shape index (κ3) is 3.82. The lowest BCUT2D eigenvalue weighted by atomic mass is 10.0. The van der Waals surface area contributed by atoms with Crippen molar-refractivity contribution >= 4 is 28.8 Å². The van der Waals surface area contributed by atoms with E-state index >= 15 is 0 Å². The maximum atomic E-state index is 13.5. The van der Waals surface area contributed by atoms with Crippen LogP contribution in [0.4, 0.5) is 11.4 Å². The Hall–Kier alpha value is -3.52. The molecule has 1 saturated heterocycles. The molecule has 2 aromatic carbocycles. The SMILES string of the molecule is CCN1CCN(C2=C(c3ccc([N+](=O)[O-])cc3)C(=O)N(c3cccc(C)c3)C2=O)CC1. The molecule has 0 saturated carbocycles. The first-order valence-electron chi connectivity index (χ1n) is 10.3. The van der Waals surface area contributed by atoms with Crippen molar-refractivity contribution in [2.24, 2.45) is 0 Å². The average molecular weight is 420 g/mol. The maximum absolute atomic E-state index is 13.5. The number of non-ortho nitro benzene ring substituents is 1. The van der Waals surface area contributed by atoms with Crippen LogP contribution in [0.1, 0.15) is 18.1 Å². The fourth-order valence-electron chi connectivity index (χ4n) is 4.11. The van der Waals surface area contributed by atoms with Gasteiger partial charge in [0, 0.05) is 38.3 Å². The maximum Gasteiger partial charge on any atom is 0.282 e. The number of carbonyl (C=O) groups excluding carboxylic acids is 2. The lowest BCUT2D eigenvalue weighted by molar-refractivity contribution is -0.384. The molecule has 160 valence electrons. The number of likely N-dealkylation sites (N-methyl/N-ethyl adjacent to an activating group) is 1. The predicted octanol–water partition coefficient (Wildman–Crippen LogP) is 2.83. The van der Waals surface area contributed by atoms with Gasteiger partial charge in [0.25, 0.3) is 17.5 Å². The van der Waals surface area contributed by atoms with Crippen LogP contribution in [0, 0.1) is 17.0 Å². The number of piperazine rings is 1. The van der Waals surface area contributed by atoms with E-state index in [2.05, 4.69) is 11.8 Å². The fourth-order valence-corrected chi connectivity index (χ4v) is 4.11. The van der Waals surface area contributed by atoms with Gasteiger partial charge in [-0.2, -0.15) is 0 Å². The molecule has 2 heterocycles. The number of benzene rings is 2. The van der Waals surface area contributed by atoms with E-state index in [9.17, 15) is 19.7 Å². The number of carbonyl (C=O) groups is 2. The zero-order chi connectivity index (χ0) is 22.1. The van der Waals surface area contributed by atoms with Gasteiger partial charge < -0.3 is 9.80 Å². The molecule has 0 N–H and O–H groups in total. The van der Waals surface area contributed by atoms with Crippen LogP contribution in [0.3, 0.4) is 0 Å². The van der Waals surface area contributed by atoms with E-state index < -0.39 is 10.8 Å². The molecule has 8 heteroatoms. The van der Waals surface area contributed by atoms with Crippen molar-refractivity contribution in [2.75, 3.05) is 37.6 Å². The molecule has 0 aromatic heterocycles. The molecule has 0 unspecified atom stereocenters. The summed E-state index contributed by atoms with van der Waals surface area (Å²) in [4.78, 5) is 43.1. The molecule has 0 bridgehead atoms. The topological polar surface area (TPSA) is 87.0 Å². The molecule has 4 rings (SSSR count). The second-order valence-electron chi connectivity index (χ2n) is 7.73. The van der Waals surface area contributed by atoms with E-state index in [0.29, 0.717) is 35.6 Å². The van der Waals surface area contributed by atoms with Crippen molar-refractivity contribution in [1.82, 2.24) is 9.80 Å². The summed E-state index contributed by atoms with van der Waals surface area (Å²) in [6, 6.07) is 13.1. The number of rotatable bonds is 5. The number of nitro groups is 1. The summed E-state index contributed by atoms with van der Waals surface area (Å²) >= 11 is 0. The highest BCUT2D eigenvalue weighted by molar-refractivity contribution is 6.45. The van der Waals surface area contributed by atoms with Gasteiger partial charge in [-0.25, -0.2) is 4.90 Å². The normalized spacial score (nSPS) is 17.6. The van der Waals surface area contributed by atoms with Crippen molar-refractivity contribution in [3.8, 4) is 0 Å². The molecular formula is C23H24N4O4. The number of amides is 2. The van der Waals surface area contributed by atoms with Crippen molar-refractivity contribution in [2.45, 2.75) is 13.8 Å². The summed E-state index contributed by atoms with van der Waals surface area (Å²) in [5.41, 5.74) is 2.58. The van der Waals surface area contributed by atoms with Crippen molar-refractivity contribution in [3.63, 3.8) is 0 Å². The first kappa shape index (κ1) is 20.7. The minimum atomic E-state index is -0.482. The third-order valence-corrected chi connectivity index (χ3v) is 5.82. The molecule has 2 amide bonds. The van der Waals surface area contributed by atoms with Gasteiger partial charge in [0.05, 0.1) is 16.2 Å². The first-order valence-corrected chi connectivity index (χ1v) is 10.3. The fraction of sp³-hybridized carbons (Fsp3) is 0.304. The minimum Gasteiger partial charge on any atom is -0.364 e. The summed E-state index contributed by atoms with van der Waals surface area (Å²) in [5.74, 6) is -0.758. The quantitative estimate of drug-likeness (QED) is 0.420. The van der Waals surface area contributed by atoms with E-state index in [4.69, 9.17) is 0 Å². The molecule has 2 aliphatic rings. The molecule has 0 radical (unpaired) electrons. The van der Waals surface area contributed by atoms with Crippen LogP contribution in [0.15, 0.2) is 54.2 Å². The Morgan fingerprint density at radius 3 is 2.23 bits per heavy atom. The highest BCUT2D eigenvalue weighted by atomic mass is 16.6. The predicted molar refractivity (Wildman–Crippen MR) is 117 cm³/mol. The molecule has 1 fully saturated rings. The van der Waals surface area contributed by atoms with E-state index in [1.165, 1.54) is 17.0 Å². The molecule has 2 aromatic rings. The molecule has 0 aliphatic carbocycles.